The third-order valence-corrected chi connectivity index (χ3v) is 6.89. The lowest BCUT2D eigenvalue weighted by Gasteiger charge is -2.22. The van der Waals surface area contributed by atoms with Gasteiger partial charge in [0.15, 0.2) is 0 Å². The second-order valence-electron chi connectivity index (χ2n) is 9.03. The minimum Gasteiger partial charge on any atom is -0.497 e. The summed E-state index contributed by atoms with van der Waals surface area (Å²) in [5.74, 6) is 2.05. The second kappa shape index (κ2) is 9.26. The Balaban J connectivity index is 1.50. The topological polar surface area (TPSA) is 47.4 Å². The summed E-state index contributed by atoms with van der Waals surface area (Å²) in [5, 5.41) is 2.32. The van der Waals surface area contributed by atoms with Crippen molar-refractivity contribution in [2.45, 2.75) is 45.1 Å². The van der Waals surface area contributed by atoms with Crippen LogP contribution in [-0.2, 0) is 11.3 Å². The maximum absolute atomic E-state index is 13.3. The average molecular weight is 442 g/mol. The molecule has 0 radical (unpaired) electrons. The number of carbonyl (C=O) groups is 1. The highest BCUT2D eigenvalue weighted by molar-refractivity contribution is 5.85. The fourth-order valence-electron chi connectivity index (χ4n) is 4.93. The monoisotopic (exact) mass is 441 g/mol. The predicted molar refractivity (Wildman–Crippen MR) is 133 cm³/mol. The van der Waals surface area contributed by atoms with Crippen molar-refractivity contribution in [3.8, 4) is 5.75 Å². The molecule has 1 aliphatic rings. The van der Waals surface area contributed by atoms with Gasteiger partial charge >= 0.3 is 0 Å². The van der Waals surface area contributed by atoms with Gasteiger partial charge in [0, 0.05) is 19.0 Å². The van der Waals surface area contributed by atoms with Crippen molar-refractivity contribution >= 4 is 27.7 Å². The number of fused-ring (bicyclic) bond motifs is 2. The molecule has 1 aliphatic heterocycles. The van der Waals surface area contributed by atoms with E-state index in [1.54, 1.807) is 7.11 Å². The van der Waals surface area contributed by atoms with Crippen LogP contribution in [0.25, 0.3) is 21.8 Å². The van der Waals surface area contributed by atoms with E-state index in [1.165, 1.54) is 23.8 Å². The number of nitrogens with zero attached hydrogens (tertiary/aromatic N) is 3. The lowest BCUT2D eigenvalue weighted by molar-refractivity contribution is -0.131. The molecule has 4 aromatic rings. The number of imidazole rings is 1. The molecule has 5 nitrogen and oxygen atoms in total. The Morgan fingerprint density at radius 3 is 2.48 bits per heavy atom. The lowest BCUT2D eigenvalue weighted by Crippen LogP contribution is -2.35. The second-order valence-corrected chi connectivity index (χ2v) is 9.03. The van der Waals surface area contributed by atoms with Crippen molar-refractivity contribution in [1.82, 2.24) is 14.5 Å². The summed E-state index contributed by atoms with van der Waals surface area (Å²) >= 11 is 0. The molecule has 1 aromatic heterocycles. The number of rotatable bonds is 5. The number of amides is 1. The van der Waals surface area contributed by atoms with Crippen LogP contribution in [0.1, 0.15) is 49.9 Å². The predicted octanol–water partition coefficient (Wildman–Crippen LogP) is 5.75. The molecule has 170 valence electrons. The minimum absolute atomic E-state index is 0.0563. The van der Waals surface area contributed by atoms with Gasteiger partial charge in [0.25, 0.3) is 0 Å². The Morgan fingerprint density at radius 1 is 0.970 bits per heavy atom. The zero-order chi connectivity index (χ0) is 22.8. The van der Waals surface area contributed by atoms with E-state index in [2.05, 4.69) is 47.9 Å². The maximum atomic E-state index is 13.3. The van der Waals surface area contributed by atoms with Crippen LogP contribution in [0.2, 0.25) is 0 Å². The summed E-state index contributed by atoms with van der Waals surface area (Å²) in [6.45, 7) is 4.25. The standard InChI is InChI=1S/C28H31N3O2/c1-20(21-11-12-23-18-24(33-2)14-13-22(23)17-21)28-29-25-9-5-6-10-26(25)31(28)19-27(32)30-15-7-3-4-8-16-30/h5-6,9-14,17-18,20H,3-4,7-8,15-16,19H2,1-2H3. The number of likely N-dealkylation sites (tertiary alicyclic amines) is 1. The fraction of sp³-hybridized carbons (Fsp3) is 0.357. The van der Waals surface area contributed by atoms with E-state index in [0.717, 1.165) is 53.9 Å². The number of para-hydroxylation sites is 2. The summed E-state index contributed by atoms with van der Waals surface area (Å²) in [7, 11) is 1.69. The highest BCUT2D eigenvalue weighted by Gasteiger charge is 2.23. The first kappa shape index (κ1) is 21.5. The van der Waals surface area contributed by atoms with E-state index in [4.69, 9.17) is 9.72 Å². The van der Waals surface area contributed by atoms with Crippen LogP contribution in [0.3, 0.4) is 0 Å². The van der Waals surface area contributed by atoms with Gasteiger partial charge < -0.3 is 14.2 Å². The van der Waals surface area contributed by atoms with E-state index in [0.29, 0.717) is 6.54 Å². The summed E-state index contributed by atoms with van der Waals surface area (Å²) in [4.78, 5) is 20.3. The molecule has 0 N–H and O–H groups in total. The fourth-order valence-corrected chi connectivity index (χ4v) is 4.93. The molecule has 1 unspecified atom stereocenters. The number of aromatic nitrogens is 2. The van der Waals surface area contributed by atoms with Gasteiger partial charge in [0.2, 0.25) is 5.91 Å². The van der Waals surface area contributed by atoms with Gasteiger partial charge in [-0.25, -0.2) is 4.98 Å². The van der Waals surface area contributed by atoms with E-state index < -0.39 is 0 Å². The molecule has 0 saturated carbocycles. The Bertz CT molecular complexity index is 1290. The van der Waals surface area contributed by atoms with Gasteiger partial charge in [-0.1, -0.05) is 56.2 Å². The van der Waals surface area contributed by atoms with Crippen molar-refractivity contribution in [2.75, 3.05) is 20.2 Å². The summed E-state index contributed by atoms with van der Waals surface area (Å²) < 4.78 is 7.49. The molecule has 1 fully saturated rings. The van der Waals surface area contributed by atoms with Gasteiger partial charge in [0.05, 0.1) is 18.1 Å². The average Bonchev–Trinajstić information content (AvgIpc) is 3.01. The Hall–Kier alpha value is -3.34. The van der Waals surface area contributed by atoms with Crippen molar-refractivity contribution in [3.63, 3.8) is 0 Å². The van der Waals surface area contributed by atoms with Crippen LogP contribution < -0.4 is 4.74 Å². The molecular formula is C28H31N3O2. The summed E-state index contributed by atoms with van der Waals surface area (Å²) in [6.07, 6.45) is 4.63. The van der Waals surface area contributed by atoms with Crippen molar-refractivity contribution < 1.29 is 9.53 Å². The summed E-state index contributed by atoms with van der Waals surface area (Å²) in [5.41, 5.74) is 3.15. The number of carbonyl (C=O) groups excluding carboxylic acids is 1. The molecule has 33 heavy (non-hydrogen) atoms. The van der Waals surface area contributed by atoms with Crippen molar-refractivity contribution in [2.24, 2.45) is 0 Å². The lowest BCUT2D eigenvalue weighted by atomic mass is 9.97. The molecule has 2 heterocycles. The Labute approximate surface area is 195 Å². The molecule has 1 amide bonds. The highest BCUT2D eigenvalue weighted by Crippen LogP contribution is 2.30. The van der Waals surface area contributed by atoms with Gasteiger partial charge in [-0.2, -0.15) is 0 Å². The quantitative estimate of drug-likeness (QED) is 0.396. The van der Waals surface area contributed by atoms with E-state index in [-0.39, 0.29) is 11.8 Å². The van der Waals surface area contributed by atoms with E-state index in [1.807, 2.05) is 29.2 Å². The number of methoxy groups -OCH3 is 1. The van der Waals surface area contributed by atoms with Crippen molar-refractivity contribution in [1.29, 1.82) is 0 Å². The smallest absolute Gasteiger partial charge is 0.242 e. The molecule has 0 spiro atoms. The largest absolute Gasteiger partial charge is 0.497 e. The molecule has 0 bridgehead atoms. The van der Waals surface area contributed by atoms with Crippen LogP contribution in [0.5, 0.6) is 5.75 Å². The normalized spacial score (nSPS) is 15.5. The van der Waals surface area contributed by atoms with Crippen LogP contribution in [0.4, 0.5) is 0 Å². The molecule has 3 aromatic carbocycles. The zero-order valence-corrected chi connectivity index (χ0v) is 19.5. The summed E-state index contributed by atoms with van der Waals surface area (Å²) in [6, 6.07) is 20.8. The van der Waals surface area contributed by atoms with Gasteiger partial charge in [-0.15, -0.1) is 0 Å². The van der Waals surface area contributed by atoms with Crippen LogP contribution in [0.15, 0.2) is 60.7 Å². The molecule has 5 rings (SSSR count). The molecular weight excluding hydrogens is 410 g/mol. The van der Waals surface area contributed by atoms with Gasteiger partial charge in [0.1, 0.15) is 18.1 Å². The third kappa shape index (κ3) is 4.32. The SMILES string of the molecule is COc1ccc2cc(C(C)c3nc4ccccc4n3CC(=O)N3CCCCCC3)ccc2c1. The third-order valence-electron chi connectivity index (χ3n) is 6.89. The first-order valence-electron chi connectivity index (χ1n) is 11.9. The number of hydrogen-bond donors (Lipinski definition) is 0. The Morgan fingerprint density at radius 2 is 1.70 bits per heavy atom. The van der Waals surface area contributed by atoms with Crippen LogP contribution in [0, 0.1) is 0 Å². The minimum atomic E-state index is 0.0563. The first-order valence-corrected chi connectivity index (χ1v) is 11.9. The molecule has 1 atom stereocenters. The van der Waals surface area contributed by atoms with Crippen LogP contribution in [-0.4, -0.2) is 40.6 Å². The Kier molecular flexibility index (Phi) is 6.03. The molecule has 0 aliphatic carbocycles. The zero-order valence-electron chi connectivity index (χ0n) is 19.5. The number of benzene rings is 3. The highest BCUT2D eigenvalue weighted by atomic mass is 16.5. The maximum Gasteiger partial charge on any atom is 0.242 e. The van der Waals surface area contributed by atoms with E-state index in [9.17, 15) is 4.79 Å². The first-order chi connectivity index (χ1) is 16.1. The number of ether oxygens (including phenoxy) is 1. The van der Waals surface area contributed by atoms with Crippen LogP contribution >= 0.6 is 0 Å². The van der Waals surface area contributed by atoms with Gasteiger partial charge in [-0.05, 0) is 53.4 Å². The van der Waals surface area contributed by atoms with Crippen molar-refractivity contribution in [3.05, 3.63) is 72.1 Å². The van der Waals surface area contributed by atoms with Gasteiger partial charge in [-0.3, -0.25) is 4.79 Å². The number of hydrogen-bond acceptors (Lipinski definition) is 3. The van der Waals surface area contributed by atoms with E-state index >= 15 is 0 Å². The molecule has 1 saturated heterocycles. The molecule has 5 heteroatoms.